The number of carbonyl (C=O) groups excluding carboxylic acids is 2. The van der Waals surface area contributed by atoms with E-state index in [1.54, 1.807) is 17.0 Å². The first-order valence-corrected chi connectivity index (χ1v) is 9.56. The molecule has 2 fully saturated rings. The minimum Gasteiger partial charge on any atom is -0.487 e. The van der Waals surface area contributed by atoms with E-state index in [2.05, 4.69) is 5.32 Å². The average molecular weight is 380 g/mol. The van der Waals surface area contributed by atoms with Crippen molar-refractivity contribution < 1.29 is 14.3 Å². The van der Waals surface area contributed by atoms with Crippen molar-refractivity contribution in [1.82, 2.24) is 15.1 Å². The van der Waals surface area contributed by atoms with Crippen molar-refractivity contribution in [3.63, 3.8) is 0 Å². The number of nitrogens with one attached hydrogen (secondary N) is 1. The highest BCUT2D eigenvalue weighted by Gasteiger charge is 2.34. The van der Waals surface area contributed by atoms with Crippen molar-refractivity contribution in [2.24, 2.45) is 5.92 Å². The Morgan fingerprint density at radius 1 is 1.23 bits per heavy atom. The first kappa shape index (κ1) is 18.8. The second-order valence-corrected chi connectivity index (χ2v) is 7.77. The van der Waals surface area contributed by atoms with Gasteiger partial charge >= 0.3 is 6.03 Å². The summed E-state index contributed by atoms with van der Waals surface area (Å²) in [6.07, 6.45) is 1.82. The van der Waals surface area contributed by atoms with Gasteiger partial charge in [0.05, 0.1) is 13.1 Å². The van der Waals surface area contributed by atoms with Crippen LogP contribution in [0.5, 0.6) is 5.75 Å². The third-order valence-electron chi connectivity index (χ3n) is 4.79. The summed E-state index contributed by atoms with van der Waals surface area (Å²) < 4.78 is 5.82. The Labute approximate surface area is 159 Å². The summed E-state index contributed by atoms with van der Waals surface area (Å²) in [4.78, 5) is 28.1. The fraction of sp³-hybridized carbons (Fsp3) is 0.579. The van der Waals surface area contributed by atoms with Gasteiger partial charge in [-0.15, -0.1) is 0 Å². The van der Waals surface area contributed by atoms with Crippen molar-refractivity contribution in [1.29, 1.82) is 0 Å². The van der Waals surface area contributed by atoms with Gasteiger partial charge in [0.2, 0.25) is 5.91 Å². The normalized spacial score (nSPS) is 20.7. The van der Waals surface area contributed by atoms with E-state index >= 15 is 0 Å². The molecule has 1 aromatic rings. The maximum atomic E-state index is 12.4. The minimum absolute atomic E-state index is 0.00964. The molecule has 1 N–H and O–H groups in total. The van der Waals surface area contributed by atoms with Crippen LogP contribution >= 0.6 is 11.6 Å². The number of urea groups is 1. The highest BCUT2D eigenvalue weighted by molar-refractivity contribution is 6.30. The molecule has 26 heavy (non-hydrogen) atoms. The number of carbonyl (C=O) groups is 2. The number of benzene rings is 1. The SMILES string of the molecule is CC(C)C(=O)N1CCC[C@H](NC(=O)N2CC(Oc3cccc(Cl)c3)C2)C1. The second-order valence-electron chi connectivity index (χ2n) is 7.33. The Bertz CT molecular complexity index is 661. The molecule has 2 aliphatic heterocycles. The van der Waals surface area contributed by atoms with E-state index in [4.69, 9.17) is 16.3 Å². The molecule has 1 atom stereocenters. The molecule has 0 saturated carbocycles. The van der Waals surface area contributed by atoms with Crippen LogP contribution in [0.4, 0.5) is 4.79 Å². The fourth-order valence-corrected chi connectivity index (χ4v) is 3.52. The summed E-state index contributed by atoms with van der Waals surface area (Å²) in [5.74, 6) is 0.866. The number of hydrogen-bond acceptors (Lipinski definition) is 3. The lowest BCUT2D eigenvalue weighted by atomic mass is 10.0. The molecule has 3 amide bonds. The molecule has 0 spiro atoms. The van der Waals surface area contributed by atoms with Crippen LogP contribution in [0.1, 0.15) is 26.7 Å². The van der Waals surface area contributed by atoms with Gasteiger partial charge in [0.15, 0.2) is 0 Å². The lowest BCUT2D eigenvalue weighted by molar-refractivity contribution is -0.135. The van der Waals surface area contributed by atoms with Crippen LogP contribution in [0.3, 0.4) is 0 Å². The Morgan fingerprint density at radius 3 is 2.69 bits per heavy atom. The molecule has 0 bridgehead atoms. The maximum absolute atomic E-state index is 12.4. The summed E-state index contributed by atoms with van der Waals surface area (Å²) >= 11 is 5.95. The van der Waals surface area contributed by atoms with Crippen LogP contribution in [-0.4, -0.2) is 60.1 Å². The van der Waals surface area contributed by atoms with Gasteiger partial charge in [-0.1, -0.05) is 31.5 Å². The van der Waals surface area contributed by atoms with Gasteiger partial charge < -0.3 is 19.9 Å². The van der Waals surface area contributed by atoms with Crippen LogP contribution < -0.4 is 10.1 Å². The average Bonchev–Trinajstić information content (AvgIpc) is 2.57. The van der Waals surface area contributed by atoms with Crippen molar-refractivity contribution in [2.45, 2.75) is 38.8 Å². The first-order valence-electron chi connectivity index (χ1n) is 9.19. The summed E-state index contributed by atoms with van der Waals surface area (Å²) in [7, 11) is 0. The second kappa shape index (κ2) is 8.16. The number of hydrogen-bond donors (Lipinski definition) is 1. The molecule has 142 valence electrons. The summed E-state index contributed by atoms with van der Waals surface area (Å²) in [5, 5.41) is 3.69. The van der Waals surface area contributed by atoms with Gasteiger partial charge in [0.1, 0.15) is 11.9 Å². The molecule has 2 saturated heterocycles. The van der Waals surface area contributed by atoms with Gasteiger partial charge in [-0.05, 0) is 31.0 Å². The highest BCUT2D eigenvalue weighted by Crippen LogP contribution is 2.22. The minimum atomic E-state index is -0.0835. The van der Waals surface area contributed by atoms with Crippen LogP contribution in [0, 0.1) is 5.92 Å². The third-order valence-corrected chi connectivity index (χ3v) is 5.02. The zero-order valence-electron chi connectivity index (χ0n) is 15.3. The number of likely N-dealkylation sites (tertiary alicyclic amines) is 2. The number of rotatable bonds is 4. The van der Waals surface area contributed by atoms with Crippen LogP contribution in [-0.2, 0) is 4.79 Å². The van der Waals surface area contributed by atoms with Gasteiger partial charge in [-0.3, -0.25) is 4.79 Å². The molecule has 3 rings (SSSR count). The van der Waals surface area contributed by atoms with E-state index < -0.39 is 0 Å². The Hall–Kier alpha value is -1.95. The number of halogens is 1. The molecule has 1 aromatic carbocycles. The fourth-order valence-electron chi connectivity index (χ4n) is 3.34. The monoisotopic (exact) mass is 379 g/mol. The number of amides is 3. The Morgan fingerprint density at radius 2 is 2.00 bits per heavy atom. The van der Waals surface area contributed by atoms with Gasteiger partial charge in [0, 0.05) is 30.1 Å². The van der Waals surface area contributed by atoms with Crippen LogP contribution in [0.15, 0.2) is 24.3 Å². The Kier molecular flexibility index (Phi) is 5.91. The predicted molar refractivity (Wildman–Crippen MR) is 100 cm³/mol. The molecule has 2 heterocycles. The lowest BCUT2D eigenvalue weighted by Gasteiger charge is -2.41. The van der Waals surface area contributed by atoms with Gasteiger partial charge in [-0.2, -0.15) is 0 Å². The molecule has 0 unspecified atom stereocenters. The molecule has 0 aromatic heterocycles. The van der Waals surface area contributed by atoms with Crippen LogP contribution in [0.25, 0.3) is 0 Å². The molecule has 7 heteroatoms. The molecular weight excluding hydrogens is 354 g/mol. The largest absolute Gasteiger partial charge is 0.487 e. The highest BCUT2D eigenvalue weighted by atomic mass is 35.5. The smallest absolute Gasteiger partial charge is 0.317 e. The van der Waals surface area contributed by atoms with E-state index in [0.29, 0.717) is 24.7 Å². The summed E-state index contributed by atoms with van der Waals surface area (Å²) in [6.45, 7) is 6.30. The molecule has 2 aliphatic rings. The lowest BCUT2D eigenvalue weighted by Crippen LogP contribution is -2.61. The van der Waals surface area contributed by atoms with Crippen molar-refractivity contribution in [3.05, 3.63) is 29.3 Å². The van der Waals surface area contributed by atoms with Gasteiger partial charge in [-0.25, -0.2) is 4.79 Å². The third kappa shape index (κ3) is 4.61. The van der Waals surface area contributed by atoms with Gasteiger partial charge in [0.25, 0.3) is 0 Å². The molecule has 6 nitrogen and oxygen atoms in total. The van der Waals surface area contributed by atoms with Crippen molar-refractivity contribution in [2.75, 3.05) is 26.2 Å². The molecule has 0 radical (unpaired) electrons. The van der Waals surface area contributed by atoms with E-state index in [0.717, 1.165) is 25.1 Å². The van der Waals surface area contributed by atoms with Crippen molar-refractivity contribution in [3.8, 4) is 5.75 Å². The van der Waals surface area contributed by atoms with E-state index in [-0.39, 0.29) is 30.0 Å². The topological polar surface area (TPSA) is 61.9 Å². The van der Waals surface area contributed by atoms with E-state index in [1.165, 1.54) is 0 Å². The maximum Gasteiger partial charge on any atom is 0.317 e. The Balaban J connectivity index is 1.43. The molecular formula is C19H26ClN3O3. The standard InChI is InChI=1S/C19H26ClN3O3/c1-13(2)18(24)22-8-4-6-15(10-22)21-19(25)23-11-17(12-23)26-16-7-3-5-14(20)9-16/h3,5,7,9,13,15,17H,4,6,8,10-12H2,1-2H3,(H,21,25)/t15-/m0/s1. The molecule has 0 aliphatic carbocycles. The summed E-state index contributed by atoms with van der Waals surface area (Å²) in [6, 6.07) is 7.20. The first-order chi connectivity index (χ1) is 12.4. The summed E-state index contributed by atoms with van der Waals surface area (Å²) in [5.41, 5.74) is 0. The zero-order chi connectivity index (χ0) is 18.7. The van der Waals surface area contributed by atoms with E-state index in [9.17, 15) is 9.59 Å². The number of nitrogens with zero attached hydrogens (tertiary/aromatic N) is 2. The van der Waals surface area contributed by atoms with E-state index in [1.807, 2.05) is 30.9 Å². The quantitative estimate of drug-likeness (QED) is 0.875. The van der Waals surface area contributed by atoms with Crippen LogP contribution in [0.2, 0.25) is 5.02 Å². The van der Waals surface area contributed by atoms with Crippen molar-refractivity contribution >= 4 is 23.5 Å². The number of ether oxygens (including phenoxy) is 1. The predicted octanol–water partition coefficient (Wildman–Crippen LogP) is 2.76. The zero-order valence-corrected chi connectivity index (χ0v) is 16.0. The number of piperidine rings is 1.